The van der Waals surface area contributed by atoms with Gasteiger partial charge >= 0.3 is 0 Å². The topological polar surface area (TPSA) is 41.3 Å². The first kappa shape index (κ1) is 13.6. The van der Waals surface area contributed by atoms with Crippen molar-refractivity contribution in [2.24, 2.45) is 0 Å². The molecular weight excluding hydrogens is 238 g/mol. The van der Waals surface area contributed by atoms with Gasteiger partial charge in [0.15, 0.2) is 0 Å². The second kappa shape index (κ2) is 6.38. The quantitative estimate of drug-likeness (QED) is 0.865. The van der Waals surface area contributed by atoms with E-state index in [2.05, 4.69) is 35.2 Å². The Labute approximate surface area is 114 Å². The molecule has 0 aliphatic carbocycles. The summed E-state index contributed by atoms with van der Waals surface area (Å²) < 4.78 is 5.31. The van der Waals surface area contributed by atoms with Gasteiger partial charge in [-0.1, -0.05) is 0 Å². The standard InChI is InChI=1S/C15H21N3O/c1-4-16-14-5-7-17-15(9-14)11-18(3)10-13-6-8-19-12(13)2/h5-9H,4,10-11H2,1-3H3,(H,16,17). The maximum Gasteiger partial charge on any atom is 0.105 e. The lowest BCUT2D eigenvalue weighted by atomic mass is 10.2. The van der Waals surface area contributed by atoms with E-state index in [0.29, 0.717) is 0 Å². The van der Waals surface area contributed by atoms with Crippen LogP contribution in [0.25, 0.3) is 0 Å². The number of aromatic nitrogens is 1. The third-order valence-corrected chi connectivity index (χ3v) is 3.04. The summed E-state index contributed by atoms with van der Waals surface area (Å²) in [6.07, 6.45) is 3.59. The van der Waals surface area contributed by atoms with Crippen molar-refractivity contribution in [3.8, 4) is 0 Å². The molecule has 0 saturated carbocycles. The Morgan fingerprint density at radius 1 is 1.32 bits per heavy atom. The average Bonchev–Trinajstić information content (AvgIpc) is 2.76. The summed E-state index contributed by atoms with van der Waals surface area (Å²) in [7, 11) is 2.09. The molecule has 4 heteroatoms. The number of anilines is 1. The van der Waals surface area contributed by atoms with E-state index < -0.39 is 0 Å². The number of nitrogens with one attached hydrogen (secondary N) is 1. The van der Waals surface area contributed by atoms with E-state index in [1.807, 2.05) is 25.3 Å². The highest BCUT2D eigenvalue weighted by molar-refractivity contribution is 5.42. The number of rotatable bonds is 6. The normalized spacial score (nSPS) is 10.9. The van der Waals surface area contributed by atoms with E-state index in [4.69, 9.17) is 4.42 Å². The highest BCUT2D eigenvalue weighted by Crippen LogP contribution is 2.14. The van der Waals surface area contributed by atoms with Gasteiger partial charge in [-0.15, -0.1) is 0 Å². The molecular formula is C15H21N3O. The second-order valence-electron chi connectivity index (χ2n) is 4.74. The smallest absolute Gasteiger partial charge is 0.105 e. The molecule has 0 unspecified atom stereocenters. The first-order valence-electron chi connectivity index (χ1n) is 6.59. The van der Waals surface area contributed by atoms with E-state index >= 15 is 0 Å². The van der Waals surface area contributed by atoms with E-state index in [9.17, 15) is 0 Å². The Morgan fingerprint density at radius 2 is 2.16 bits per heavy atom. The Balaban J connectivity index is 1.96. The molecule has 1 N–H and O–H groups in total. The van der Waals surface area contributed by atoms with Crippen LogP contribution in [0.3, 0.4) is 0 Å². The minimum absolute atomic E-state index is 0.823. The van der Waals surface area contributed by atoms with Crippen LogP contribution in [0.15, 0.2) is 35.1 Å². The first-order chi connectivity index (χ1) is 9.19. The Kier molecular flexibility index (Phi) is 4.58. The van der Waals surface area contributed by atoms with Crippen LogP contribution < -0.4 is 5.32 Å². The Morgan fingerprint density at radius 3 is 2.84 bits per heavy atom. The van der Waals surface area contributed by atoms with Crippen LogP contribution in [0, 0.1) is 6.92 Å². The number of nitrogens with zero attached hydrogens (tertiary/aromatic N) is 2. The Hall–Kier alpha value is -1.81. The predicted octanol–water partition coefficient (Wildman–Crippen LogP) is 3.05. The van der Waals surface area contributed by atoms with Crippen LogP contribution in [-0.4, -0.2) is 23.5 Å². The lowest BCUT2D eigenvalue weighted by Gasteiger charge is -2.16. The average molecular weight is 259 g/mol. The van der Waals surface area contributed by atoms with Crippen molar-refractivity contribution in [1.82, 2.24) is 9.88 Å². The largest absolute Gasteiger partial charge is 0.469 e. The molecule has 2 rings (SSSR count). The van der Waals surface area contributed by atoms with Gasteiger partial charge < -0.3 is 9.73 Å². The van der Waals surface area contributed by atoms with Gasteiger partial charge in [0.2, 0.25) is 0 Å². The fourth-order valence-corrected chi connectivity index (χ4v) is 2.08. The molecule has 0 radical (unpaired) electrons. The molecule has 0 bridgehead atoms. The monoisotopic (exact) mass is 259 g/mol. The highest BCUT2D eigenvalue weighted by Gasteiger charge is 2.07. The first-order valence-corrected chi connectivity index (χ1v) is 6.59. The van der Waals surface area contributed by atoms with Gasteiger partial charge in [-0.25, -0.2) is 0 Å². The fourth-order valence-electron chi connectivity index (χ4n) is 2.08. The van der Waals surface area contributed by atoms with Crippen molar-refractivity contribution in [2.75, 3.05) is 18.9 Å². The molecule has 102 valence electrons. The minimum Gasteiger partial charge on any atom is -0.469 e. The lowest BCUT2D eigenvalue weighted by Crippen LogP contribution is -2.18. The van der Waals surface area contributed by atoms with E-state index in [1.165, 1.54) is 5.56 Å². The van der Waals surface area contributed by atoms with Crippen molar-refractivity contribution >= 4 is 5.69 Å². The van der Waals surface area contributed by atoms with Crippen molar-refractivity contribution in [3.05, 3.63) is 47.7 Å². The molecule has 0 amide bonds. The zero-order chi connectivity index (χ0) is 13.7. The van der Waals surface area contributed by atoms with Gasteiger partial charge in [-0.05, 0) is 39.1 Å². The molecule has 2 aromatic heterocycles. The lowest BCUT2D eigenvalue weighted by molar-refractivity contribution is 0.312. The molecule has 0 aliphatic rings. The van der Waals surface area contributed by atoms with Crippen LogP contribution in [0.4, 0.5) is 5.69 Å². The summed E-state index contributed by atoms with van der Waals surface area (Å²) in [6.45, 7) is 6.70. The summed E-state index contributed by atoms with van der Waals surface area (Å²) in [5.41, 5.74) is 3.42. The Bertz CT molecular complexity index is 522. The number of pyridine rings is 1. The van der Waals surface area contributed by atoms with Crippen LogP contribution >= 0.6 is 0 Å². The van der Waals surface area contributed by atoms with E-state index in [1.54, 1.807) is 6.26 Å². The van der Waals surface area contributed by atoms with Crippen molar-refractivity contribution in [2.45, 2.75) is 26.9 Å². The predicted molar refractivity (Wildman–Crippen MR) is 77.0 cm³/mol. The van der Waals surface area contributed by atoms with Gasteiger partial charge in [0.1, 0.15) is 5.76 Å². The van der Waals surface area contributed by atoms with Gasteiger partial charge in [0.05, 0.1) is 12.0 Å². The van der Waals surface area contributed by atoms with E-state index in [0.717, 1.165) is 36.8 Å². The number of hydrogen-bond acceptors (Lipinski definition) is 4. The molecule has 0 atom stereocenters. The third-order valence-electron chi connectivity index (χ3n) is 3.04. The van der Waals surface area contributed by atoms with Crippen molar-refractivity contribution < 1.29 is 4.42 Å². The van der Waals surface area contributed by atoms with Crippen LogP contribution in [0.2, 0.25) is 0 Å². The van der Waals surface area contributed by atoms with Gasteiger partial charge in [0, 0.05) is 37.1 Å². The van der Waals surface area contributed by atoms with Crippen LogP contribution in [-0.2, 0) is 13.1 Å². The number of aryl methyl sites for hydroxylation is 1. The second-order valence-corrected chi connectivity index (χ2v) is 4.74. The van der Waals surface area contributed by atoms with Gasteiger partial charge in [-0.3, -0.25) is 9.88 Å². The summed E-state index contributed by atoms with van der Waals surface area (Å²) in [5.74, 6) is 0.987. The molecule has 19 heavy (non-hydrogen) atoms. The molecule has 0 saturated heterocycles. The summed E-state index contributed by atoms with van der Waals surface area (Å²) in [6, 6.07) is 6.11. The molecule has 0 fully saturated rings. The van der Waals surface area contributed by atoms with Crippen LogP contribution in [0.5, 0.6) is 0 Å². The summed E-state index contributed by atoms with van der Waals surface area (Å²) in [5, 5.41) is 3.30. The summed E-state index contributed by atoms with van der Waals surface area (Å²) in [4.78, 5) is 6.64. The maximum atomic E-state index is 5.31. The van der Waals surface area contributed by atoms with Crippen molar-refractivity contribution in [3.63, 3.8) is 0 Å². The highest BCUT2D eigenvalue weighted by atomic mass is 16.3. The number of furan rings is 1. The van der Waals surface area contributed by atoms with Gasteiger partial charge in [-0.2, -0.15) is 0 Å². The maximum absolute atomic E-state index is 5.31. The molecule has 4 nitrogen and oxygen atoms in total. The van der Waals surface area contributed by atoms with Crippen molar-refractivity contribution in [1.29, 1.82) is 0 Å². The van der Waals surface area contributed by atoms with Crippen LogP contribution in [0.1, 0.15) is 23.9 Å². The fraction of sp³-hybridized carbons (Fsp3) is 0.400. The molecule has 0 spiro atoms. The third kappa shape index (κ3) is 3.83. The minimum atomic E-state index is 0.823. The zero-order valence-corrected chi connectivity index (χ0v) is 11.8. The molecule has 0 aliphatic heterocycles. The van der Waals surface area contributed by atoms with Gasteiger partial charge in [0.25, 0.3) is 0 Å². The molecule has 2 heterocycles. The molecule has 2 aromatic rings. The summed E-state index contributed by atoms with van der Waals surface area (Å²) >= 11 is 0. The SMILES string of the molecule is CCNc1ccnc(CN(C)Cc2ccoc2C)c1. The number of hydrogen-bond donors (Lipinski definition) is 1. The van der Waals surface area contributed by atoms with E-state index in [-0.39, 0.29) is 0 Å². The zero-order valence-electron chi connectivity index (χ0n) is 11.8. The molecule has 0 aromatic carbocycles.